The molecule has 2 aromatic heterocycles. The number of benzene rings is 1. The van der Waals surface area contributed by atoms with Crippen molar-refractivity contribution in [3.63, 3.8) is 0 Å². The third kappa shape index (κ3) is 3.30. The summed E-state index contributed by atoms with van der Waals surface area (Å²) in [5, 5.41) is 7.55. The van der Waals surface area contributed by atoms with Crippen molar-refractivity contribution in [2.75, 3.05) is 37.4 Å². The van der Waals surface area contributed by atoms with Crippen LogP contribution in [-0.2, 0) is 0 Å². The van der Waals surface area contributed by atoms with Crippen molar-refractivity contribution in [3.05, 3.63) is 34.6 Å². The minimum atomic E-state index is -0.172. The predicted octanol–water partition coefficient (Wildman–Crippen LogP) is 2.28. The molecule has 7 nitrogen and oxygen atoms in total. The standard InChI is InChI=1S/C18H22N6OS/c1-24(2)18-22-15(20-11-6-5-9-19-10-11)14(16(25)23-18)17-21-12-7-3-4-8-13(12)26-17/h3-4,7-8,11,19H,5-6,9-10H2,1-2H3,(H2,20,22,23,25)/t11-/m1/s1. The summed E-state index contributed by atoms with van der Waals surface area (Å²) in [6.07, 6.45) is 2.16. The van der Waals surface area contributed by atoms with Crippen molar-refractivity contribution in [3.8, 4) is 10.6 Å². The molecule has 3 heterocycles. The van der Waals surface area contributed by atoms with E-state index < -0.39 is 0 Å². The predicted molar refractivity (Wildman–Crippen MR) is 107 cm³/mol. The Morgan fingerprint density at radius 3 is 2.85 bits per heavy atom. The zero-order valence-electron chi connectivity index (χ0n) is 14.9. The summed E-state index contributed by atoms with van der Waals surface area (Å²) in [6, 6.07) is 8.17. The van der Waals surface area contributed by atoms with Gasteiger partial charge in [0, 0.05) is 26.7 Å². The molecule has 0 amide bonds. The molecule has 1 aliphatic heterocycles. The van der Waals surface area contributed by atoms with E-state index in [9.17, 15) is 4.79 Å². The molecular weight excluding hydrogens is 348 g/mol. The van der Waals surface area contributed by atoms with E-state index in [1.165, 1.54) is 11.3 Å². The van der Waals surface area contributed by atoms with Crippen LogP contribution >= 0.6 is 11.3 Å². The molecule has 26 heavy (non-hydrogen) atoms. The van der Waals surface area contributed by atoms with Gasteiger partial charge in [0.1, 0.15) is 16.4 Å². The number of piperidine rings is 1. The quantitative estimate of drug-likeness (QED) is 0.653. The summed E-state index contributed by atoms with van der Waals surface area (Å²) >= 11 is 1.51. The molecule has 0 unspecified atom stereocenters. The number of rotatable bonds is 4. The molecule has 0 bridgehead atoms. The SMILES string of the molecule is CN(C)c1nc(N[C@@H]2CCCNC2)c(-c2nc3ccccc3s2)c(=O)[nH]1. The molecule has 1 aliphatic rings. The van der Waals surface area contributed by atoms with E-state index in [4.69, 9.17) is 0 Å². The summed E-state index contributed by atoms with van der Waals surface area (Å²) in [5.41, 5.74) is 1.24. The fraction of sp³-hybridized carbons (Fsp3) is 0.389. The number of thiazole rings is 1. The first-order valence-electron chi connectivity index (χ1n) is 8.76. The normalized spacial score (nSPS) is 17.4. The highest BCUT2D eigenvalue weighted by molar-refractivity contribution is 7.21. The summed E-state index contributed by atoms with van der Waals surface area (Å²) in [4.78, 5) is 26.9. The molecule has 0 radical (unpaired) electrons. The number of anilines is 2. The number of nitrogens with one attached hydrogen (secondary N) is 3. The third-order valence-electron chi connectivity index (χ3n) is 4.48. The minimum absolute atomic E-state index is 0.172. The van der Waals surface area contributed by atoms with Crippen molar-refractivity contribution >= 4 is 33.3 Å². The van der Waals surface area contributed by atoms with Crippen LogP contribution in [0.5, 0.6) is 0 Å². The average molecular weight is 370 g/mol. The number of fused-ring (bicyclic) bond motifs is 1. The molecule has 0 spiro atoms. The van der Waals surface area contributed by atoms with E-state index in [1.807, 2.05) is 38.4 Å². The summed E-state index contributed by atoms with van der Waals surface area (Å²) < 4.78 is 1.06. The van der Waals surface area contributed by atoms with E-state index in [0.717, 1.165) is 36.1 Å². The second-order valence-electron chi connectivity index (χ2n) is 6.68. The van der Waals surface area contributed by atoms with Gasteiger partial charge in [-0.3, -0.25) is 9.78 Å². The first-order chi connectivity index (χ1) is 12.6. The molecule has 3 N–H and O–H groups in total. The van der Waals surface area contributed by atoms with Crippen molar-refractivity contribution < 1.29 is 0 Å². The van der Waals surface area contributed by atoms with Gasteiger partial charge in [0.05, 0.1) is 10.2 Å². The van der Waals surface area contributed by atoms with Gasteiger partial charge in [-0.15, -0.1) is 11.3 Å². The van der Waals surface area contributed by atoms with Crippen LogP contribution in [0.4, 0.5) is 11.8 Å². The first-order valence-corrected chi connectivity index (χ1v) is 9.58. The number of H-pyrrole nitrogens is 1. The molecule has 8 heteroatoms. The van der Waals surface area contributed by atoms with Gasteiger partial charge in [0.2, 0.25) is 5.95 Å². The lowest BCUT2D eigenvalue weighted by molar-refractivity contribution is 0.479. The van der Waals surface area contributed by atoms with Crippen LogP contribution in [-0.4, -0.2) is 48.2 Å². The van der Waals surface area contributed by atoms with E-state index in [2.05, 4.69) is 25.6 Å². The zero-order chi connectivity index (χ0) is 18.1. The number of aromatic nitrogens is 3. The molecule has 3 aromatic rings. The Balaban J connectivity index is 1.82. The fourth-order valence-corrected chi connectivity index (χ4v) is 4.13. The Labute approximate surface area is 155 Å². The Hall–Kier alpha value is -2.45. The molecule has 1 fully saturated rings. The molecule has 0 aliphatic carbocycles. The molecular formula is C18H22N6OS. The van der Waals surface area contributed by atoms with Gasteiger partial charge in [0.15, 0.2) is 0 Å². The summed E-state index contributed by atoms with van der Waals surface area (Å²) in [7, 11) is 3.73. The number of hydrogen-bond acceptors (Lipinski definition) is 7. The highest BCUT2D eigenvalue weighted by Gasteiger charge is 2.21. The van der Waals surface area contributed by atoms with Crippen molar-refractivity contribution in [2.45, 2.75) is 18.9 Å². The second kappa shape index (κ2) is 7.05. The maximum absolute atomic E-state index is 12.9. The Morgan fingerprint density at radius 2 is 2.12 bits per heavy atom. The minimum Gasteiger partial charge on any atom is -0.365 e. The molecule has 0 saturated carbocycles. The van der Waals surface area contributed by atoms with Gasteiger partial charge in [-0.1, -0.05) is 12.1 Å². The Morgan fingerprint density at radius 1 is 1.27 bits per heavy atom. The van der Waals surface area contributed by atoms with Gasteiger partial charge in [-0.05, 0) is 31.5 Å². The molecule has 4 rings (SSSR count). The maximum Gasteiger partial charge on any atom is 0.264 e. The van der Waals surface area contributed by atoms with Crippen molar-refractivity contribution in [1.29, 1.82) is 0 Å². The van der Waals surface area contributed by atoms with Crippen LogP contribution in [0.15, 0.2) is 29.1 Å². The zero-order valence-corrected chi connectivity index (χ0v) is 15.7. The van der Waals surface area contributed by atoms with Gasteiger partial charge in [-0.2, -0.15) is 4.98 Å². The fourth-order valence-electron chi connectivity index (χ4n) is 3.12. The number of aromatic amines is 1. The molecule has 1 aromatic carbocycles. The first kappa shape index (κ1) is 17.0. The van der Waals surface area contributed by atoms with Crippen molar-refractivity contribution in [2.24, 2.45) is 0 Å². The van der Waals surface area contributed by atoms with Crippen LogP contribution in [0.2, 0.25) is 0 Å². The third-order valence-corrected chi connectivity index (χ3v) is 5.53. The lowest BCUT2D eigenvalue weighted by atomic mass is 10.1. The van der Waals surface area contributed by atoms with E-state index >= 15 is 0 Å². The lowest BCUT2D eigenvalue weighted by Crippen LogP contribution is -2.39. The smallest absolute Gasteiger partial charge is 0.264 e. The van der Waals surface area contributed by atoms with E-state index in [0.29, 0.717) is 22.3 Å². The monoisotopic (exact) mass is 370 g/mol. The average Bonchev–Trinajstić information content (AvgIpc) is 3.05. The topological polar surface area (TPSA) is 85.9 Å². The summed E-state index contributed by atoms with van der Waals surface area (Å²) in [6.45, 7) is 1.90. The Kier molecular flexibility index (Phi) is 4.60. The van der Waals surface area contributed by atoms with Crippen LogP contribution in [0.1, 0.15) is 12.8 Å². The lowest BCUT2D eigenvalue weighted by Gasteiger charge is -2.25. The number of nitrogens with zero attached hydrogens (tertiary/aromatic N) is 3. The van der Waals surface area contributed by atoms with E-state index in [-0.39, 0.29) is 11.6 Å². The number of para-hydroxylation sites is 1. The van der Waals surface area contributed by atoms with Crippen molar-refractivity contribution in [1.82, 2.24) is 20.3 Å². The Bertz CT molecular complexity index is 940. The second-order valence-corrected chi connectivity index (χ2v) is 7.71. The van der Waals surface area contributed by atoms with Crippen LogP contribution in [0, 0.1) is 0 Å². The molecule has 1 saturated heterocycles. The van der Waals surface area contributed by atoms with Gasteiger partial charge in [0.25, 0.3) is 5.56 Å². The largest absolute Gasteiger partial charge is 0.365 e. The van der Waals surface area contributed by atoms with E-state index in [1.54, 1.807) is 4.90 Å². The number of hydrogen-bond donors (Lipinski definition) is 3. The van der Waals surface area contributed by atoms with Crippen LogP contribution in [0.3, 0.4) is 0 Å². The molecule has 136 valence electrons. The van der Waals surface area contributed by atoms with Gasteiger partial charge in [-0.25, -0.2) is 4.98 Å². The highest BCUT2D eigenvalue weighted by atomic mass is 32.1. The van der Waals surface area contributed by atoms with Gasteiger partial charge < -0.3 is 15.5 Å². The van der Waals surface area contributed by atoms with Crippen LogP contribution < -0.4 is 21.1 Å². The molecule has 1 atom stereocenters. The maximum atomic E-state index is 12.9. The highest BCUT2D eigenvalue weighted by Crippen LogP contribution is 2.32. The summed E-state index contributed by atoms with van der Waals surface area (Å²) in [5.74, 6) is 1.14. The van der Waals surface area contributed by atoms with Crippen LogP contribution in [0.25, 0.3) is 20.8 Å². The van der Waals surface area contributed by atoms with Gasteiger partial charge >= 0.3 is 0 Å².